The average molecular weight is 375 g/mol. The molecule has 0 atom stereocenters. The van der Waals surface area contributed by atoms with Crippen molar-refractivity contribution in [1.82, 2.24) is 20.0 Å². The summed E-state index contributed by atoms with van der Waals surface area (Å²) in [4.78, 5) is 38.3. The van der Waals surface area contributed by atoms with E-state index in [1.54, 1.807) is 24.3 Å². The molecule has 2 N–H and O–H groups in total. The molecule has 0 unspecified atom stereocenters. The van der Waals surface area contributed by atoms with Crippen molar-refractivity contribution in [2.24, 2.45) is 0 Å². The summed E-state index contributed by atoms with van der Waals surface area (Å²) in [6.45, 7) is 4.12. The van der Waals surface area contributed by atoms with E-state index >= 15 is 0 Å². The quantitative estimate of drug-likeness (QED) is 0.623. The second-order valence-electron chi connectivity index (χ2n) is 5.92. The van der Waals surface area contributed by atoms with E-state index in [1.807, 2.05) is 13.8 Å². The van der Waals surface area contributed by atoms with Crippen LogP contribution in [0, 0.1) is 0 Å². The molecule has 1 fully saturated rings. The first kappa shape index (κ1) is 18.0. The van der Waals surface area contributed by atoms with Gasteiger partial charge in [0.1, 0.15) is 5.70 Å². The average Bonchev–Trinajstić information content (AvgIpc) is 3.08. The van der Waals surface area contributed by atoms with Gasteiger partial charge in [0.15, 0.2) is 0 Å². The van der Waals surface area contributed by atoms with E-state index in [0.717, 1.165) is 4.90 Å². The van der Waals surface area contributed by atoms with Crippen molar-refractivity contribution in [2.45, 2.75) is 26.7 Å². The number of amides is 3. The molecule has 26 heavy (non-hydrogen) atoms. The molecule has 2 heterocycles. The fourth-order valence-electron chi connectivity index (χ4n) is 2.83. The van der Waals surface area contributed by atoms with Gasteiger partial charge < -0.3 is 5.32 Å². The molecular weight excluding hydrogens is 356 g/mol. The lowest BCUT2D eigenvalue weighted by molar-refractivity contribution is -0.122. The van der Waals surface area contributed by atoms with Crippen LogP contribution in [-0.2, 0) is 11.2 Å². The van der Waals surface area contributed by atoms with Gasteiger partial charge in [-0.1, -0.05) is 25.4 Å². The van der Waals surface area contributed by atoms with Crippen LogP contribution >= 0.6 is 11.6 Å². The molecule has 0 saturated carbocycles. The number of aromatic nitrogens is 2. The highest BCUT2D eigenvalue weighted by Gasteiger charge is 2.33. The number of nitrogens with one attached hydrogen (secondary N) is 2. The molecule has 3 amide bonds. The Labute approximate surface area is 155 Å². The topological polar surface area (TPSA) is 87.2 Å². The van der Waals surface area contributed by atoms with Gasteiger partial charge in [-0.2, -0.15) is 0 Å². The molecule has 7 nitrogen and oxygen atoms in total. The highest BCUT2D eigenvalue weighted by molar-refractivity contribution is 6.30. The normalized spacial score (nSPS) is 15.8. The van der Waals surface area contributed by atoms with Gasteiger partial charge in [-0.15, -0.1) is 0 Å². The number of hydrogen-bond donors (Lipinski definition) is 2. The molecule has 1 aromatic carbocycles. The van der Waals surface area contributed by atoms with Crippen LogP contribution in [0.1, 0.15) is 31.5 Å². The van der Waals surface area contributed by atoms with Gasteiger partial charge >= 0.3 is 6.03 Å². The van der Waals surface area contributed by atoms with Crippen LogP contribution in [0.4, 0.5) is 4.79 Å². The smallest absolute Gasteiger partial charge is 0.303 e. The number of aromatic amines is 1. The zero-order valence-electron chi connectivity index (χ0n) is 14.5. The van der Waals surface area contributed by atoms with E-state index in [9.17, 15) is 14.4 Å². The Kier molecular flexibility index (Phi) is 4.99. The van der Waals surface area contributed by atoms with Crippen LogP contribution in [0.3, 0.4) is 0 Å². The second kappa shape index (κ2) is 7.21. The van der Waals surface area contributed by atoms with Crippen LogP contribution in [0.2, 0.25) is 5.02 Å². The van der Waals surface area contributed by atoms with Gasteiger partial charge in [-0.3, -0.25) is 19.6 Å². The molecule has 8 heteroatoms. The lowest BCUT2D eigenvalue weighted by Crippen LogP contribution is -2.31. The lowest BCUT2D eigenvalue weighted by atomic mass is 10.1. The van der Waals surface area contributed by atoms with Gasteiger partial charge in [-0.05, 0) is 43.2 Å². The maximum Gasteiger partial charge on any atom is 0.329 e. The molecule has 136 valence electrons. The number of halogens is 1. The third-order valence-corrected chi connectivity index (χ3v) is 4.39. The van der Waals surface area contributed by atoms with Gasteiger partial charge in [0, 0.05) is 17.3 Å². The minimum Gasteiger partial charge on any atom is -0.303 e. The molecule has 2 aromatic rings. The molecule has 1 aromatic heterocycles. The maximum absolute atomic E-state index is 12.8. The fraction of sp³-hybridized carbons (Fsp3) is 0.278. The van der Waals surface area contributed by atoms with E-state index < -0.39 is 11.9 Å². The van der Waals surface area contributed by atoms with Crippen molar-refractivity contribution in [3.63, 3.8) is 0 Å². The lowest BCUT2D eigenvalue weighted by Gasteiger charge is -2.08. The number of nitrogens with zero attached hydrogens (tertiary/aromatic N) is 2. The maximum atomic E-state index is 12.8. The Balaban J connectivity index is 2.03. The van der Waals surface area contributed by atoms with Crippen LogP contribution < -0.4 is 10.9 Å². The van der Waals surface area contributed by atoms with Gasteiger partial charge in [0.25, 0.3) is 11.5 Å². The van der Waals surface area contributed by atoms with E-state index in [-0.39, 0.29) is 11.3 Å². The summed E-state index contributed by atoms with van der Waals surface area (Å²) in [6.07, 6.45) is 2.68. The first-order valence-electron chi connectivity index (χ1n) is 8.40. The van der Waals surface area contributed by atoms with Gasteiger partial charge in [-0.25, -0.2) is 9.48 Å². The number of imide groups is 1. The van der Waals surface area contributed by atoms with E-state index in [4.69, 9.17) is 11.6 Å². The summed E-state index contributed by atoms with van der Waals surface area (Å²) >= 11 is 5.90. The predicted octanol–water partition coefficient (Wildman–Crippen LogP) is 2.68. The van der Waals surface area contributed by atoms with E-state index in [1.165, 1.54) is 10.8 Å². The summed E-state index contributed by atoms with van der Waals surface area (Å²) in [6, 6.07) is 6.37. The zero-order valence-corrected chi connectivity index (χ0v) is 15.3. The standard InChI is InChI=1S/C18H19ClN4O3/c1-3-9-22-17(25)15(20-18(22)26)10-13-14(4-2)21-23(16(13)24)12-7-5-11(19)6-8-12/h5-8,10,21H,3-4,9H2,1-2H3,(H,20,26)/b15-10-. The molecule has 0 bridgehead atoms. The number of H-pyrrole nitrogens is 1. The highest BCUT2D eigenvalue weighted by atomic mass is 35.5. The summed E-state index contributed by atoms with van der Waals surface area (Å²) < 4.78 is 1.40. The molecule has 1 saturated heterocycles. The van der Waals surface area contributed by atoms with Crippen molar-refractivity contribution >= 4 is 29.6 Å². The highest BCUT2D eigenvalue weighted by Crippen LogP contribution is 2.17. The summed E-state index contributed by atoms with van der Waals surface area (Å²) in [5.74, 6) is -0.419. The summed E-state index contributed by atoms with van der Waals surface area (Å²) in [5.41, 5.74) is 1.47. The Morgan fingerprint density at radius 3 is 2.42 bits per heavy atom. The van der Waals surface area contributed by atoms with Crippen LogP contribution in [-0.4, -0.2) is 33.2 Å². The monoisotopic (exact) mass is 374 g/mol. The number of urea groups is 1. The van der Waals surface area contributed by atoms with Crippen LogP contribution in [0.5, 0.6) is 0 Å². The molecule has 1 aliphatic heterocycles. The largest absolute Gasteiger partial charge is 0.329 e. The number of carbonyl (C=O) groups excluding carboxylic acids is 2. The van der Waals surface area contributed by atoms with Gasteiger partial charge in [0.05, 0.1) is 11.3 Å². The van der Waals surface area contributed by atoms with Crippen LogP contribution in [0.15, 0.2) is 34.8 Å². The molecule has 0 radical (unpaired) electrons. The Hall–Kier alpha value is -2.80. The predicted molar refractivity (Wildman–Crippen MR) is 99.3 cm³/mol. The van der Waals surface area contributed by atoms with Crippen molar-refractivity contribution in [1.29, 1.82) is 0 Å². The molecule has 0 aliphatic carbocycles. The summed E-state index contributed by atoms with van der Waals surface area (Å²) in [7, 11) is 0. The fourth-order valence-corrected chi connectivity index (χ4v) is 2.95. The Morgan fingerprint density at radius 2 is 1.81 bits per heavy atom. The minimum atomic E-state index is -0.463. The van der Waals surface area contributed by atoms with E-state index in [2.05, 4.69) is 10.4 Å². The van der Waals surface area contributed by atoms with Crippen molar-refractivity contribution in [3.05, 3.63) is 56.6 Å². The molecule has 3 rings (SSSR count). The molecule has 1 aliphatic rings. The number of carbonyl (C=O) groups is 2. The van der Waals surface area contributed by atoms with E-state index in [0.29, 0.717) is 41.4 Å². The number of benzene rings is 1. The third-order valence-electron chi connectivity index (χ3n) is 4.14. The number of hydrogen-bond acceptors (Lipinski definition) is 3. The Bertz CT molecular complexity index is 940. The van der Waals surface area contributed by atoms with Crippen molar-refractivity contribution in [3.8, 4) is 5.69 Å². The Morgan fingerprint density at radius 1 is 1.12 bits per heavy atom. The first-order valence-corrected chi connectivity index (χ1v) is 8.78. The summed E-state index contributed by atoms with van der Waals surface area (Å²) in [5, 5.41) is 6.16. The minimum absolute atomic E-state index is 0.109. The molecular formula is C18H19ClN4O3. The van der Waals surface area contributed by atoms with Crippen LogP contribution in [0.25, 0.3) is 11.8 Å². The van der Waals surface area contributed by atoms with Crippen molar-refractivity contribution in [2.75, 3.05) is 6.54 Å². The third kappa shape index (κ3) is 3.17. The second-order valence-corrected chi connectivity index (χ2v) is 6.36. The van der Waals surface area contributed by atoms with Crippen molar-refractivity contribution < 1.29 is 9.59 Å². The zero-order chi connectivity index (χ0) is 18.8. The number of rotatable bonds is 5. The number of aryl methyl sites for hydroxylation is 1. The first-order chi connectivity index (χ1) is 12.5. The SMILES string of the molecule is CCCN1C(=O)N/C(=C\c2c(CC)[nH]n(-c3ccc(Cl)cc3)c2=O)C1=O. The molecule has 0 spiro atoms. The van der Waals surface area contributed by atoms with Gasteiger partial charge in [0.2, 0.25) is 0 Å².